The van der Waals surface area contributed by atoms with E-state index in [2.05, 4.69) is 5.43 Å². The number of hydrogen-bond donors (Lipinski definition) is 2. The molecule has 0 heterocycles. The van der Waals surface area contributed by atoms with E-state index in [0.717, 1.165) is 12.3 Å². The molecule has 0 aromatic heterocycles. The van der Waals surface area contributed by atoms with E-state index in [1.54, 1.807) is 0 Å². The molecule has 2 rings (SSSR count). The van der Waals surface area contributed by atoms with E-state index in [4.69, 9.17) is 5.84 Å². The van der Waals surface area contributed by atoms with E-state index >= 15 is 0 Å². The van der Waals surface area contributed by atoms with Gasteiger partial charge in [0.1, 0.15) is 0 Å². The van der Waals surface area contributed by atoms with Crippen LogP contribution in [0.3, 0.4) is 0 Å². The SMILES string of the molecule is NNC(CC1CC1)C1CCC(F)(F)CC1. The molecule has 2 fully saturated rings. The molecule has 0 saturated heterocycles. The van der Waals surface area contributed by atoms with Gasteiger partial charge >= 0.3 is 0 Å². The minimum absolute atomic E-state index is 0.0422. The summed E-state index contributed by atoms with van der Waals surface area (Å²) in [5.74, 6) is 4.24. The number of halogens is 2. The van der Waals surface area contributed by atoms with Crippen LogP contribution >= 0.6 is 0 Å². The van der Waals surface area contributed by atoms with Crippen molar-refractivity contribution < 1.29 is 8.78 Å². The summed E-state index contributed by atoms with van der Waals surface area (Å²) in [7, 11) is 0. The average Bonchev–Trinajstić information content (AvgIpc) is 2.98. The zero-order chi connectivity index (χ0) is 10.9. The second-order valence-corrected chi connectivity index (χ2v) is 5.15. The molecule has 1 atom stereocenters. The Labute approximate surface area is 89.6 Å². The third kappa shape index (κ3) is 3.11. The Hall–Kier alpha value is -0.220. The second-order valence-electron chi connectivity index (χ2n) is 5.15. The highest BCUT2D eigenvalue weighted by Crippen LogP contribution is 2.41. The summed E-state index contributed by atoms with van der Waals surface area (Å²) < 4.78 is 25.9. The molecule has 0 aromatic rings. The molecule has 0 spiro atoms. The molecular weight excluding hydrogens is 198 g/mol. The molecule has 0 aliphatic heterocycles. The minimum atomic E-state index is -2.42. The standard InChI is InChI=1S/C11H20F2N2/c12-11(13)5-3-9(4-6-11)10(15-14)7-8-1-2-8/h8-10,15H,1-7,14H2. The van der Waals surface area contributed by atoms with Gasteiger partial charge in [-0.05, 0) is 31.1 Å². The monoisotopic (exact) mass is 218 g/mol. The van der Waals surface area contributed by atoms with Crippen molar-refractivity contribution in [1.82, 2.24) is 5.43 Å². The van der Waals surface area contributed by atoms with E-state index in [9.17, 15) is 8.78 Å². The van der Waals surface area contributed by atoms with Crippen LogP contribution < -0.4 is 11.3 Å². The molecule has 2 aliphatic carbocycles. The summed E-state index contributed by atoms with van der Waals surface area (Å²) in [5.41, 5.74) is 2.83. The minimum Gasteiger partial charge on any atom is -0.271 e. The maximum absolute atomic E-state index is 13.0. The lowest BCUT2D eigenvalue weighted by molar-refractivity contribution is -0.0500. The average molecular weight is 218 g/mol. The van der Waals surface area contributed by atoms with Gasteiger partial charge in [-0.25, -0.2) is 8.78 Å². The first kappa shape index (κ1) is 11.3. The third-order valence-corrected chi connectivity index (χ3v) is 3.83. The molecule has 0 bridgehead atoms. The predicted octanol–water partition coefficient (Wildman–Crippen LogP) is 2.44. The van der Waals surface area contributed by atoms with Crippen LogP contribution in [0.25, 0.3) is 0 Å². The van der Waals surface area contributed by atoms with Gasteiger partial charge in [0, 0.05) is 18.9 Å². The number of nitrogens with two attached hydrogens (primary N) is 1. The largest absolute Gasteiger partial charge is 0.271 e. The highest BCUT2D eigenvalue weighted by molar-refractivity contribution is 4.87. The van der Waals surface area contributed by atoms with E-state index in [0.29, 0.717) is 18.8 Å². The number of alkyl halides is 2. The van der Waals surface area contributed by atoms with Crippen LogP contribution in [0.1, 0.15) is 44.9 Å². The third-order valence-electron chi connectivity index (χ3n) is 3.83. The maximum atomic E-state index is 13.0. The van der Waals surface area contributed by atoms with Gasteiger partial charge < -0.3 is 0 Å². The summed E-state index contributed by atoms with van der Waals surface area (Å²) >= 11 is 0. The summed E-state index contributed by atoms with van der Waals surface area (Å²) in [5, 5.41) is 0. The fourth-order valence-corrected chi connectivity index (χ4v) is 2.57. The molecular formula is C11H20F2N2. The highest BCUT2D eigenvalue weighted by atomic mass is 19.3. The van der Waals surface area contributed by atoms with Crippen LogP contribution in [-0.2, 0) is 0 Å². The molecule has 2 aliphatic rings. The summed E-state index contributed by atoms with van der Waals surface area (Å²) in [4.78, 5) is 0. The fraction of sp³-hybridized carbons (Fsp3) is 1.00. The Morgan fingerprint density at radius 1 is 1.20 bits per heavy atom. The van der Waals surface area contributed by atoms with Gasteiger partial charge in [-0.1, -0.05) is 12.8 Å². The van der Waals surface area contributed by atoms with Crippen molar-refractivity contribution in [3.8, 4) is 0 Å². The van der Waals surface area contributed by atoms with Gasteiger partial charge in [0.25, 0.3) is 0 Å². The highest BCUT2D eigenvalue weighted by Gasteiger charge is 2.38. The molecule has 0 aromatic carbocycles. The number of rotatable bonds is 4. The van der Waals surface area contributed by atoms with Crippen LogP contribution in [-0.4, -0.2) is 12.0 Å². The van der Waals surface area contributed by atoms with Gasteiger partial charge in [-0.15, -0.1) is 0 Å². The van der Waals surface area contributed by atoms with E-state index in [-0.39, 0.29) is 18.9 Å². The van der Waals surface area contributed by atoms with Crippen molar-refractivity contribution >= 4 is 0 Å². The van der Waals surface area contributed by atoms with Gasteiger partial charge in [0.2, 0.25) is 5.92 Å². The predicted molar refractivity (Wildman–Crippen MR) is 55.4 cm³/mol. The van der Waals surface area contributed by atoms with Gasteiger partial charge in [-0.3, -0.25) is 11.3 Å². The first-order valence-corrected chi connectivity index (χ1v) is 5.95. The zero-order valence-corrected chi connectivity index (χ0v) is 9.02. The van der Waals surface area contributed by atoms with Crippen LogP contribution in [0.4, 0.5) is 8.78 Å². The smallest absolute Gasteiger partial charge is 0.248 e. The van der Waals surface area contributed by atoms with Crippen LogP contribution in [0, 0.1) is 11.8 Å². The fourth-order valence-electron chi connectivity index (χ4n) is 2.57. The van der Waals surface area contributed by atoms with E-state index < -0.39 is 5.92 Å². The van der Waals surface area contributed by atoms with Gasteiger partial charge in [0.05, 0.1) is 0 Å². The first-order valence-electron chi connectivity index (χ1n) is 5.95. The first-order chi connectivity index (χ1) is 7.11. The molecule has 2 nitrogen and oxygen atoms in total. The van der Waals surface area contributed by atoms with Crippen LogP contribution in [0.15, 0.2) is 0 Å². The van der Waals surface area contributed by atoms with Crippen molar-refractivity contribution in [3.05, 3.63) is 0 Å². The Bertz CT molecular complexity index is 207. The number of hydrogen-bond acceptors (Lipinski definition) is 2. The van der Waals surface area contributed by atoms with Gasteiger partial charge in [0.15, 0.2) is 0 Å². The summed E-state index contributed by atoms with van der Waals surface area (Å²) in [6.45, 7) is 0. The van der Waals surface area contributed by atoms with Crippen molar-refractivity contribution in [3.63, 3.8) is 0 Å². The zero-order valence-electron chi connectivity index (χ0n) is 9.02. The molecule has 1 unspecified atom stereocenters. The second kappa shape index (κ2) is 4.34. The van der Waals surface area contributed by atoms with Crippen molar-refractivity contribution in [1.29, 1.82) is 0 Å². The lowest BCUT2D eigenvalue weighted by atomic mass is 9.80. The Balaban J connectivity index is 1.81. The van der Waals surface area contributed by atoms with Gasteiger partial charge in [-0.2, -0.15) is 0 Å². The molecule has 0 amide bonds. The Morgan fingerprint density at radius 2 is 1.80 bits per heavy atom. The lowest BCUT2D eigenvalue weighted by Gasteiger charge is -2.33. The van der Waals surface area contributed by atoms with E-state index in [1.807, 2.05) is 0 Å². The lowest BCUT2D eigenvalue weighted by Crippen LogP contribution is -2.43. The normalized spacial score (nSPS) is 29.0. The quantitative estimate of drug-likeness (QED) is 0.562. The number of hydrazine groups is 1. The summed E-state index contributed by atoms with van der Waals surface area (Å²) in [6.07, 6.45) is 4.99. The molecule has 15 heavy (non-hydrogen) atoms. The molecule has 0 radical (unpaired) electrons. The summed E-state index contributed by atoms with van der Waals surface area (Å²) in [6, 6.07) is 0.258. The molecule has 2 saturated carbocycles. The molecule has 4 heteroatoms. The van der Waals surface area contributed by atoms with Crippen molar-refractivity contribution in [2.45, 2.75) is 56.9 Å². The maximum Gasteiger partial charge on any atom is 0.248 e. The Morgan fingerprint density at radius 3 is 2.27 bits per heavy atom. The topological polar surface area (TPSA) is 38.0 Å². The van der Waals surface area contributed by atoms with Crippen LogP contribution in [0.5, 0.6) is 0 Å². The van der Waals surface area contributed by atoms with Crippen LogP contribution in [0.2, 0.25) is 0 Å². The van der Waals surface area contributed by atoms with Crippen molar-refractivity contribution in [2.24, 2.45) is 17.7 Å². The Kier molecular flexibility index (Phi) is 3.26. The van der Waals surface area contributed by atoms with Crippen molar-refractivity contribution in [2.75, 3.05) is 0 Å². The molecule has 88 valence electrons. The molecule has 3 N–H and O–H groups in total. The van der Waals surface area contributed by atoms with E-state index in [1.165, 1.54) is 12.8 Å². The number of nitrogens with one attached hydrogen (secondary N) is 1.